The van der Waals surface area contributed by atoms with Crippen LogP contribution in [-0.4, -0.2) is 16.6 Å². The van der Waals surface area contributed by atoms with Gasteiger partial charge in [-0.25, -0.2) is 0 Å². The van der Waals surface area contributed by atoms with E-state index in [-0.39, 0.29) is 6.04 Å². The molecule has 2 heterocycles. The lowest BCUT2D eigenvalue weighted by Gasteiger charge is -2.11. The SMILES string of the molecule is CNC(c1ccc(Cl)s1)c1snnc1C. The van der Waals surface area contributed by atoms with E-state index in [9.17, 15) is 0 Å². The first-order valence-corrected chi connectivity index (χ1v) is 6.40. The molecule has 15 heavy (non-hydrogen) atoms. The van der Waals surface area contributed by atoms with Gasteiger partial charge >= 0.3 is 0 Å². The summed E-state index contributed by atoms with van der Waals surface area (Å²) in [5.74, 6) is 0. The number of aromatic nitrogens is 2. The van der Waals surface area contributed by atoms with Crippen molar-refractivity contribution in [2.45, 2.75) is 13.0 Å². The molecule has 3 nitrogen and oxygen atoms in total. The van der Waals surface area contributed by atoms with Gasteiger partial charge in [0.1, 0.15) is 0 Å². The Bertz CT molecular complexity index is 452. The van der Waals surface area contributed by atoms with Gasteiger partial charge in [0.15, 0.2) is 0 Å². The predicted octanol–water partition coefficient (Wildman–Crippen LogP) is 2.87. The molecule has 2 aromatic heterocycles. The molecule has 0 saturated carbocycles. The molecule has 0 aliphatic carbocycles. The summed E-state index contributed by atoms with van der Waals surface area (Å²) in [5.41, 5.74) is 0.976. The molecule has 0 amide bonds. The highest BCUT2D eigenvalue weighted by atomic mass is 35.5. The summed E-state index contributed by atoms with van der Waals surface area (Å²) in [6, 6.07) is 4.10. The zero-order valence-electron chi connectivity index (χ0n) is 8.32. The zero-order chi connectivity index (χ0) is 10.8. The van der Waals surface area contributed by atoms with E-state index in [0.717, 1.165) is 14.9 Å². The van der Waals surface area contributed by atoms with Crippen LogP contribution in [0.15, 0.2) is 12.1 Å². The normalized spacial score (nSPS) is 13.0. The number of thiophene rings is 1. The number of aryl methyl sites for hydroxylation is 1. The van der Waals surface area contributed by atoms with E-state index in [1.807, 2.05) is 26.1 Å². The Morgan fingerprint density at radius 2 is 2.27 bits per heavy atom. The molecule has 0 bridgehead atoms. The van der Waals surface area contributed by atoms with Gasteiger partial charge in [-0.05, 0) is 37.6 Å². The Morgan fingerprint density at radius 1 is 1.47 bits per heavy atom. The van der Waals surface area contributed by atoms with Crippen molar-refractivity contribution in [1.29, 1.82) is 0 Å². The van der Waals surface area contributed by atoms with E-state index < -0.39 is 0 Å². The van der Waals surface area contributed by atoms with E-state index in [0.29, 0.717) is 0 Å². The molecule has 2 rings (SSSR count). The molecule has 2 aromatic rings. The minimum absolute atomic E-state index is 0.155. The quantitative estimate of drug-likeness (QED) is 0.921. The van der Waals surface area contributed by atoms with Gasteiger partial charge in [-0.2, -0.15) is 0 Å². The van der Waals surface area contributed by atoms with Crippen molar-refractivity contribution in [3.63, 3.8) is 0 Å². The van der Waals surface area contributed by atoms with Crippen molar-refractivity contribution in [3.8, 4) is 0 Å². The molecular formula is C9H10ClN3S2. The van der Waals surface area contributed by atoms with Crippen molar-refractivity contribution in [3.05, 3.63) is 31.9 Å². The Morgan fingerprint density at radius 3 is 2.73 bits per heavy atom. The second-order valence-corrected chi connectivity index (χ2v) is 5.62. The lowest BCUT2D eigenvalue weighted by atomic mass is 10.2. The van der Waals surface area contributed by atoms with Gasteiger partial charge in [0, 0.05) is 4.88 Å². The van der Waals surface area contributed by atoms with Crippen LogP contribution < -0.4 is 5.32 Å². The molecule has 0 spiro atoms. The fourth-order valence-electron chi connectivity index (χ4n) is 1.39. The average molecular weight is 260 g/mol. The third-order valence-electron chi connectivity index (χ3n) is 2.12. The van der Waals surface area contributed by atoms with Crippen molar-refractivity contribution in [2.24, 2.45) is 0 Å². The van der Waals surface area contributed by atoms with Crippen LogP contribution in [-0.2, 0) is 0 Å². The second kappa shape index (κ2) is 4.57. The fraction of sp³-hybridized carbons (Fsp3) is 0.333. The standard InChI is InChI=1S/C9H10ClN3S2/c1-5-9(15-13-12-5)8(11-2)6-3-4-7(10)14-6/h3-4,8,11H,1-2H3. The van der Waals surface area contributed by atoms with Crippen LogP contribution in [0.2, 0.25) is 4.34 Å². The van der Waals surface area contributed by atoms with E-state index in [1.165, 1.54) is 16.4 Å². The summed E-state index contributed by atoms with van der Waals surface area (Å²) in [7, 11) is 1.93. The van der Waals surface area contributed by atoms with Gasteiger partial charge in [0.2, 0.25) is 0 Å². The highest BCUT2D eigenvalue weighted by molar-refractivity contribution is 7.16. The Labute approximate surface area is 101 Å². The summed E-state index contributed by atoms with van der Waals surface area (Å²) < 4.78 is 4.75. The van der Waals surface area contributed by atoms with Crippen LogP contribution in [0.1, 0.15) is 21.5 Å². The number of hydrogen-bond acceptors (Lipinski definition) is 5. The first-order chi connectivity index (χ1) is 7.22. The molecule has 80 valence electrons. The third-order valence-corrected chi connectivity index (χ3v) is 4.30. The molecule has 0 aliphatic heterocycles. The lowest BCUT2D eigenvalue weighted by molar-refractivity contribution is 0.709. The Hall–Kier alpha value is -0.490. The molecule has 1 atom stereocenters. The Balaban J connectivity index is 2.36. The first kappa shape index (κ1) is 11.0. The summed E-state index contributed by atoms with van der Waals surface area (Å²) in [6.45, 7) is 1.97. The van der Waals surface area contributed by atoms with Crippen molar-refractivity contribution in [1.82, 2.24) is 14.9 Å². The maximum atomic E-state index is 5.93. The maximum absolute atomic E-state index is 5.93. The van der Waals surface area contributed by atoms with Crippen LogP contribution in [0.3, 0.4) is 0 Å². The fourth-order valence-corrected chi connectivity index (χ4v) is 3.42. The summed E-state index contributed by atoms with van der Waals surface area (Å²) in [6.07, 6.45) is 0. The van der Waals surface area contributed by atoms with E-state index in [1.54, 1.807) is 11.3 Å². The molecule has 1 N–H and O–H groups in total. The van der Waals surface area contributed by atoms with Crippen molar-refractivity contribution in [2.75, 3.05) is 7.05 Å². The molecular weight excluding hydrogens is 250 g/mol. The molecule has 0 radical (unpaired) electrons. The van der Waals surface area contributed by atoms with Gasteiger partial charge in [0.05, 0.1) is 20.9 Å². The van der Waals surface area contributed by atoms with Crippen LogP contribution in [0.4, 0.5) is 0 Å². The van der Waals surface area contributed by atoms with Crippen molar-refractivity contribution < 1.29 is 0 Å². The van der Waals surface area contributed by atoms with Gasteiger partial charge in [-0.1, -0.05) is 16.1 Å². The lowest BCUT2D eigenvalue weighted by Crippen LogP contribution is -2.16. The van der Waals surface area contributed by atoms with Gasteiger partial charge in [0.25, 0.3) is 0 Å². The Kier molecular flexibility index (Phi) is 3.35. The van der Waals surface area contributed by atoms with E-state index in [2.05, 4.69) is 14.9 Å². The van der Waals surface area contributed by atoms with Gasteiger partial charge < -0.3 is 5.32 Å². The molecule has 0 saturated heterocycles. The molecule has 0 aliphatic rings. The number of rotatable bonds is 3. The summed E-state index contributed by atoms with van der Waals surface area (Å²) >= 11 is 8.93. The number of hydrogen-bond donors (Lipinski definition) is 1. The largest absolute Gasteiger partial charge is 0.308 e. The molecule has 0 aromatic carbocycles. The third kappa shape index (κ3) is 2.20. The van der Waals surface area contributed by atoms with Gasteiger partial charge in [-0.3, -0.25) is 0 Å². The summed E-state index contributed by atoms with van der Waals surface area (Å²) in [4.78, 5) is 2.34. The zero-order valence-corrected chi connectivity index (χ0v) is 10.7. The number of halogens is 1. The maximum Gasteiger partial charge on any atom is 0.0931 e. The van der Waals surface area contributed by atoms with E-state index >= 15 is 0 Å². The molecule has 0 fully saturated rings. The minimum atomic E-state index is 0.155. The van der Waals surface area contributed by atoms with Crippen LogP contribution in [0.25, 0.3) is 0 Å². The van der Waals surface area contributed by atoms with Crippen LogP contribution in [0, 0.1) is 6.92 Å². The molecule has 1 unspecified atom stereocenters. The topological polar surface area (TPSA) is 37.8 Å². The predicted molar refractivity (Wildman–Crippen MR) is 64.9 cm³/mol. The highest BCUT2D eigenvalue weighted by Gasteiger charge is 2.18. The molecule has 6 heteroatoms. The minimum Gasteiger partial charge on any atom is -0.308 e. The second-order valence-electron chi connectivity index (χ2n) is 3.09. The average Bonchev–Trinajstić information content (AvgIpc) is 2.79. The van der Waals surface area contributed by atoms with Gasteiger partial charge in [-0.15, -0.1) is 16.4 Å². The van der Waals surface area contributed by atoms with Crippen LogP contribution in [0.5, 0.6) is 0 Å². The number of nitrogens with zero attached hydrogens (tertiary/aromatic N) is 2. The smallest absolute Gasteiger partial charge is 0.0931 e. The first-order valence-electron chi connectivity index (χ1n) is 4.43. The summed E-state index contributed by atoms with van der Waals surface area (Å²) in [5, 5.41) is 7.28. The van der Waals surface area contributed by atoms with Crippen molar-refractivity contribution >= 4 is 34.5 Å². The van der Waals surface area contributed by atoms with E-state index in [4.69, 9.17) is 11.6 Å². The van der Waals surface area contributed by atoms with Crippen LogP contribution >= 0.6 is 34.5 Å². The highest BCUT2D eigenvalue weighted by Crippen LogP contribution is 2.32. The number of nitrogens with one attached hydrogen (secondary N) is 1. The monoisotopic (exact) mass is 259 g/mol.